The first-order valence-corrected chi connectivity index (χ1v) is 12.9. The predicted molar refractivity (Wildman–Crippen MR) is 148 cm³/mol. The Hall–Kier alpha value is -4.38. The molecule has 0 radical (unpaired) electrons. The van der Waals surface area contributed by atoms with Crippen molar-refractivity contribution >= 4 is 33.7 Å². The highest BCUT2D eigenvalue weighted by molar-refractivity contribution is 7.18. The summed E-state index contributed by atoms with van der Waals surface area (Å²) in [5.41, 5.74) is 7.16. The zero-order chi connectivity index (χ0) is 28.9. The molecule has 0 bridgehead atoms. The number of rotatable bonds is 10. The molecule has 0 fully saturated rings. The number of carbonyl (C=O) groups excluding carboxylic acids is 1. The van der Waals surface area contributed by atoms with Crippen molar-refractivity contribution in [1.82, 2.24) is 0 Å². The van der Waals surface area contributed by atoms with Crippen molar-refractivity contribution in [2.75, 3.05) is 25.3 Å². The Bertz CT molecular complexity index is 1470. The number of thiophene rings is 1. The van der Waals surface area contributed by atoms with E-state index in [-0.39, 0.29) is 16.2 Å². The molecule has 3 aromatic carbocycles. The van der Waals surface area contributed by atoms with E-state index in [1.165, 1.54) is 38.3 Å². The largest absolute Gasteiger partial charge is 0.497 e. The van der Waals surface area contributed by atoms with Crippen LogP contribution in [0.5, 0.6) is 17.2 Å². The minimum atomic E-state index is -4.56. The normalized spacial score (nSPS) is 11.9. The molecule has 40 heavy (non-hydrogen) atoms. The topological polar surface area (TPSA) is 92.0 Å². The minimum Gasteiger partial charge on any atom is -0.497 e. The number of benzene rings is 3. The molecule has 7 nitrogen and oxygen atoms in total. The molecule has 210 valence electrons. The Morgan fingerprint density at radius 2 is 1.70 bits per heavy atom. The number of nitrogen functional groups attached to an aromatic ring is 1. The highest BCUT2D eigenvalue weighted by atomic mass is 32.1. The van der Waals surface area contributed by atoms with Crippen LogP contribution in [-0.4, -0.2) is 20.2 Å². The number of halogens is 3. The highest BCUT2D eigenvalue weighted by Gasteiger charge is 2.35. The molecule has 1 aromatic heterocycles. The SMILES string of the molecule is COC(=O)c1sc(Nc2cc(OCc3ccc(OC)cc3)ccc2N)cc1O[C@H](C)c1ccccc1C(F)(F)F. The Balaban J connectivity index is 1.54. The van der Waals surface area contributed by atoms with Gasteiger partial charge in [-0.1, -0.05) is 30.3 Å². The van der Waals surface area contributed by atoms with Gasteiger partial charge in [-0.25, -0.2) is 4.79 Å². The van der Waals surface area contributed by atoms with E-state index < -0.39 is 23.8 Å². The fourth-order valence-electron chi connectivity index (χ4n) is 3.88. The van der Waals surface area contributed by atoms with E-state index in [1.807, 2.05) is 24.3 Å². The molecule has 11 heteroatoms. The van der Waals surface area contributed by atoms with Gasteiger partial charge in [0.15, 0.2) is 4.88 Å². The summed E-state index contributed by atoms with van der Waals surface area (Å²) in [6.45, 7) is 1.80. The highest BCUT2D eigenvalue weighted by Crippen LogP contribution is 2.41. The Morgan fingerprint density at radius 1 is 1.00 bits per heavy atom. The van der Waals surface area contributed by atoms with Gasteiger partial charge in [0.1, 0.15) is 30.0 Å². The van der Waals surface area contributed by atoms with Gasteiger partial charge in [0.2, 0.25) is 0 Å². The molecule has 0 aliphatic carbocycles. The van der Waals surface area contributed by atoms with Crippen LogP contribution in [0.1, 0.15) is 39.4 Å². The molecule has 0 aliphatic rings. The average molecular weight is 573 g/mol. The zero-order valence-corrected chi connectivity index (χ0v) is 22.7. The quantitative estimate of drug-likeness (QED) is 0.149. The summed E-state index contributed by atoms with van der Waals surface area (Å²) < 4.78 is 62.4. The third-order valence-electron chi connectivity index (χ3n) is 5.92. The first-order valence-electron chi connectivity index (χ1n) is 12.1. The molecule has 4 rings (SSSR count). The molecule has 4 aromatic rings. The number of methoxy groups -OCH3 is 2. The Morgan fingerprint density at radius 3 is 2.38 bits per heavy atom. The fourth-order valence-corrected chi connectivity index (χ4v) is 4.80. The molecule has 0 amide bonds. The number of nitrogens with one attached hydrogen (secondary N) is 1. The molecule has 0 unspecified atom stereocenters. The summed E-state index contributed by atoms with van der Waals surface area (Å²) in [5, 5.41) is 3.61. The lowest BCUT2D eigenvalue weighted by molar-refractivity contribution is -0.139. The van der Waals surface area contributed by atoms with Crippen LogP contribution in [0.25, 0.3) is 0 Å². The Labute approximate surface area is 233 Å². The van der Waals surface area contributed by atoms with Crippen LogP contribution in [0.15, 0.2) is 72.8 Å². The predicted octanol–water partition coefficient (Wildman–Crippen LogP) is 7.61. The van der Waals surface area contributed by atoms with E-state index in [4.69, 9.17) is 24.7 Å². The maximum absolute atomic E-state index is 13.5. The number of ether oxygens (including phenoxy) is 4. The molecule has 0 spiro atoms. The van der Waals surface area contributed by atoms with E-state index in [2.05, 4.69) is 5.32 Å². The summed E-state index contributed by atoms with van der Waals surface area (Å²) in [6, 6.07) is 19.2. The van der Waals surface area contributed by atoms with Crippen molar-refractivity contribution in [3.63, 3.8) is 0 Å². The third-order valence-corrected chi connectivity index (χ3v) is 6.94. The van der Waals surface area contributed by atoms with Crippen LogP contribution < -0.4 is 25.3 Å². The second-order valence-corrected chi connectivity index (χ2v) is 9.70. The number of carbonyl (C=O) groups is 1. The number of hydrogen-bond donors (Lipinski definition) is 2. The molecular weight excluding hydrogens is 545 g/mol. The van der Waals surface area contributed by atoms with Crippen LogP contribution in [0.3, 0.4) is 0 Å². The summed E-state index contributed by atoms with van der Waals surface area (Å²) in [6.07, 6.45) is -5.57. The Kier molecular flexibility index (Phi) is 8.73. The average Bonchev–Trinajstić information content (AvgIpc) is 3.34. The number of anilines is 3. The molecular formula is C29H27F3N2O5S. The van der Waals surface area contributed by atoms with Crippen molar-refractivity contribution in [3.8, 4) is 17.2 Å². The van der Waals surface area contributed by atoms with Gasteiger partial charge >= 0.3 is 12.1 Å². The van der Waals surface area contributed by atoms with Crippen molar-refractivity contribution in [2.45, 2.75) is 25.8 Å². The van der Waals surface area contributed by atoms with Crippen LogP contribution >= 0.6 is 11.3 Å². The number of nitrogens with two attached hydrogens (primary N) is 1. The van der Waals surface area contributed by atoms with Gasteiger partial charge in [0.05, 0.1) is 36.2 Å². The van der Waals surface area contributed by atoms with E-state index in [1.54, 1.807) is 25.3 Å². The van der Waals surface area contributed by atoms with Crippen LogP contribution in [0.4, 0.5) is 29.5 Å². The molecule has 0 aliphatic heterocycles. The van der Waals surface area contributed by atoms with Crippen molar-refractivity contribution < 1.29 is 36.9 Å². The lowest BCUT2D eigenvalue weighted by atomic mass is 10.0. The van der Waals surface area contributed by atoms with Crippen LogP contribution in [0, 0.1) is 0 Å². The standard InChI is InChI=1S/C29H27F3N2O5S/c1-17(21-6-4-5-7-22(21)29(30,31)32)39-25-15-26(40-27(25)28(35)37-3)34-24-14-20(12-13-23(24)33)38-16-18-8-10-19(36-2)11-9-18/h4-15,17,34H,16,33H2,1-3H3/t17-/m1/s1. The van der Waals surface area contributed by atoms with Crippen molar-refractivity contribution in [1.29, 1.82) is 0 Å². The summed E-state index contributed by atoms with van der Waals surface area (Å²) in [7, 11) is 2.81. The summed E-state index contributed by atoms with van der Waals surface area (Å²) in [5.74, 6) is 0.682. The number of hydrogen-bond acceptors (Lipinski definition) is 8. The lowest BCUT2D eigenvalue weighted by Gasteiger charge is -2.19. The molecule has 1 heterocycles. The van der Waals surface area contributed by atoms with Gasteiger partial charge in [-0.3, -0.25) is 0 Å². The summed E-state index contributed by atoms with van der Waals surface area (Å²) >= 11 is 1.02. The van der Waals surface area contributed by atoms with Crippen LogP contribution in [0.2, 0.25) is 0 Å². The zero-order valence-electron chi connectivity index (χ0n) is 21.9. The molecule has 1 atom stereocenters. The van der Waals surface area contributed by atoms with Gasteiger partial charge in [0, 0.05) is 17.7 Å². The first kappa shape index (κ1) is 28.6. The van der Waals surface area contributed by atoms with E-state index in [9.17, 15) is 18.0 Å². The van der Waals surface area contributed by atoms with Gasteiger partial charge in [-0.2, -0.15) is 13.2 Å². The van der Waals surface area contributed by atoms with E-state index >= 15 is 0 Å². The lowest BCUT2D eigenvalue weighted by Crippen LogP contribution is -2.14. The molecule has 3 N–H and O–H groups in total. The first-order chi connectivity index (χ1) is 19.1. The second-order valence-electron chi connectivity index (χ2n) is 8.65. The van der Waals surface area contributed by atoms with Gasteiger partial charge in [-0.05, 0) is 42.8 Å². The van der Waals surface area contributed by atoms with Crippen molar-refractivity contribution in [3.05, 3.63) is 94.4 Å². The molecule has 0 saturated carbocycles. The fraction of sp³-hybridized carbons (Fsp3) is 0.207. The minimum absolute atomic E-state index is 0.0579. The van der Waals surface area contributed by atoms with E-state index in [0.717, 1.165) is 28.7 Å². The van der Waals surface area contributed by atoms with Gasteiger partial charge < -0.3 is 30.0 Å². The second kappa shape index (κ2) is 12.2. The monoisotopic (exact) mass is 572 g/mol. The smallest absolute Gasteiger partial charge is 0.416 e. The van der Waals surface area contributed by atoms with Gasteiger partial charge in [0.25, 0.3) is 0 Å². The van der Waals surface area contributed by atoms with Crippen LogP contribution in [-0.2, 0) is 17.5 Å². The van der Waals surface area contributed by atoms with Gasteiger partial charge in [-0.15, -0.1) is 11.3 Å². The molecule has 0 saturated heterocycles. The summed E-state index contributed by atoms with van der Waals surface area (Å²) in [4.78, 5) is 12.6. The maximum atomic E-state index is 13.5. The van der Waals surface area contributed by atoms with E-state index in [0.29, 0.717) is 28.7 Å². The number of esters is 1. The maximum Gasteiger partial charge on any atom is 0.416 e. The third kappa shape index (κ3) is 6.78. The van der Waals surface area contributed by atoms with Crippen molar-refractivity contribution in [2.24, 2.45) is 0 Å². The number of alkyl halides is 3.